The zero-order valence-electron chi connectivity index (χ0n) is 14.9. The summed E-state index contributed by atoms with van der Waals surface area (Å²) in [5.41, 5.74) is 0. The van der Waals surface area contributed by atoms with Gasteiger partial charge in [0.15, 0.2) is 0 Å². The number of hydrogen-bond donors (Lipinski definition) is 3. The van der Waals surface area contributed by atoms with E-state index in [0.29, 0.717) is 6.42 Å². The van der Waals surface area contributed by atoms with Crippen molar-refractivity contribution < 1.29 is 29.6 Å². The van der Waals surface area contributed by atoms with Crippen LogP contribution in [0.3, 0.4) is 0 Å². The van der Waals surface area contributed by atoms with Crippen LogP contribution in [0.2, 0.25) is 0 Å². The van der Waals surface area contributed by atoms with Crippen molar-refractivity contribution in [2.45, 2.75) is 95.5 Å². The van der Waals surface area contributed by atoms with Crippen molar-refractivity contribution in [3.05, 3.63) is 0 Å². The molecule has 1 rings (SSSR count). The van der Waals surface area contributed by atoms with Crippen molar-refractivity contribution in [2.75, 3.05) is 13.2 Å². The highest BCUT2D eigenvalue weighted by atomic mass is 16.6. The van der Waals surface area contributed by atoms with Gasteiger partial charge in [0.25, 0.3) is 0 Å². The molecule has 0 aromatic carbocycles. The fourth-order valence-electron chi connectivity index (χ4n) is 2.89. The van der Waals surface area contributed by atoms with Crippen molar-refractivity contribution in [1.82, 2.24) is 0 Å². The van der Waals surface area contributed by atoms with Crippen LogP contribution in [0.4, 0.5) is 0 Å². The Hall–Kier alpha value is -0.690. The Balaban J connectivity index is 1.96. The Morgan fingerprint density at radius 2 is 1.67 bits per heavy atom. The Morgan fingerprint density at radius 3 is 2.21 bits per heavy atom. The predicted octanol–water partition coefficient (Wildman–Crippen LogP) is 1.93. The van der Waals surface area contributed by atoms with Gasteiger partial charge in [-0.2, -0.15) is 0 Å². The fraction of sp³-hybridized carbons (Fsp3) is 0.944. The molecule has 0 aromatic heterocycles. The maximum absolute atomic E-state index is 11.6. The van der Waals surface area contributed by atoms with Crippen LogP contribution in [-0.4, -0.2) is 58.9 Å². The summed E-state index contributed by atoms with van der Waals surface area (Å²) in [7, 11) is 0. The van der Waals surface area contributed by atoms with Gasteiger partial charge in [-0.15, -0.1) is 0 Å². The molecule has 0 aromatic rings. The van der Waals surface area contributed by atoms with Gasteiger partial charge in [0.1, 0.15) is 31.0 Å². The molecule has 0 aliphatic carbocycles. The highest BCUT2D eigenvalue weighted by Gasteiger charge is 2.39. The quantitative estimate of drug-likeness (QED) is 0.348. The van der Waals surface area contributed by atoms with E-state index in [2.05, 4.69) is 6.92 Å². The Bertz CT molecular complexity index is 335. The molecular formula is C18H34O6. The minimum Gasteiger partial charge on any atom is -0.463 e. The highest BCUT2D eigenvalue weighted by Crippen LogP contribution is 2.18. The summed E-state index contributed by atoms with van der Waals surface area (Å²) in [6.45, 7) is 1.98. The van der Waals surface area contributed by atoms with Gasteiger partial charge in [-0.05, 0) is 6.42 Å². The largest absolute Gasteiger partial charge is 0.463 e. The van der Waals surface area contributed by atoms with E-state index in [9.17, 15) is 20.1 Å². The number of aliphatic hydroxyl groups is 3. The number of ether oxygens (including phenoxy) is 2. The number of carbonyl (C=O) groups is 1. The molecule has 0 bridgehead atoms. The summed E-state index contributed by atoms with van der Waals surface area (Å²) >= 11 is 0. The Kier molecular flexibility index (Phi) is 11.2. The molecule has 0 amide bonds. The lowest BCUT2D eigenvalue weighted by atomic mass is 10.1. The summed E-state index contributed by atoms with van der Waals surface area (Å²) in [6.07, 6.45) is 6.84. The molecule has 0 spiro atoms. The third kappa shape index (κ3) is 8.42. The SMILES string of the molecule is CCCCCCCCCCCC(=O)OC[C@@H](O)[C@H]1OC[C@@H](O)[C@H]1O. The van der Waals surface area contributed by atoms with Gasteiger partial charge in [-0.25, -0.2) is 0 Å². The van der Waals surface area contributed by atoms with Crippen LogP contribution in [0.1, 0.15) is 71.1 Å². The van der Waals surface area contributed by atoms with Crippen LogP contribution in [0.25, 0.3) is 0 Å². The van der Waals surface area contributed by atoms with Gasteiger partial charge in [-0.1, -0.05) is 58.3 Å². The van der Waals surface area contributed by atoms with Crippen LogP contribution < -0.4 is 0 Å². The Labute approximate surface area is 145 Å². The van der Waals surface area contributed by atoms with Crippen LogP contribution >= 0.6 is 0 Å². The molecule has 0 radical (unpaired) electrons. The maximum atomic E-state index is 11.6. The van der Waals surface area contributed by atoms with Gasteiger partial charge in [0.2, 0.25) is 0 Å². The van der Waals surface area contributed by atoms with E-state index in [1.807, 2.05) is 0 Å². The summed E-state index contributed by atoms with van der Waals surface area (Å²) in [5, 5.41) is 28.8. The van der Waals surface area contributed by atoms with Crippen molar-refractivity contribution >= 4 is 5.97 Å². The lowest BCUT2D eigenvalue weighted by Crippen LogP contribution is -2.41. The van der Waals surface area contributed by atoms with E-state index in [-0.39, 0.29) is 19.2 Å². The Morgan fingerprint density at radius 1 is 1.08 bits per heavy atom. The molecule has 3 N–H and O–H groups in total. The minimum atomic E-state index is -1.14. The first kappa shape index (κ1) is 21.4. The monoisotopic (exact) mass is 346 g/mol. The van der Waals surface area contributed by atoms with Crippen molar-refractivity contribution in [1.29, 1.82) is 0 Å². The maximum Gasteiger partial charge on any atom is 0.305 e. The molecule has 6 nitrogen and oxygen atoms in total. The average molecular weight is 346 g/mol. The molecule has 142 valence electrons. The molecule has 1 fully saturated rings. The van der Waals surface area contributed by atoms with Crippen molar-refractivity contribution in [3.8, 4) is 0 Å². The van der Waals surface area contributed by atoms with Crippen LogP contribution in [0.15, 0.2) is 0 Å². The zero-order chi connectivity index (χ0) is 17.8. The molecular weight excluding hydrogens is 312 g/mol. The summed E-state index contributed by atoms with van der Waals surface area (Å²) in [5.74, 6) is -0.343. The number of rotatable bonds is 13. The van der Waals surface area contributed by atoms with E-state index < -0.39 is 24.4 Å². The summed E-state index contributed by atoms with van der Waals surface area (Å²) in [6, 6.07) is 0. The number of aliphatic hydroxyl groups excluding tert-OH is 3. The van der Waals surface area contributed by atoms with Crippen LogP contribution in [-0.2, 0) is 14.3 Å². The fourth-order valence-corrected chi connectivity index (χ4v) is 2.89. The number of esters is 1. The third-order valence-corrected chi connectivity index (χ3v) is 4.47. The summed E-state index contributed by atoms with van der Waals surface area (Å²) in [4.78, 5) is 11.6. The van der Waals surface area contributed by atoms with E-state index in [1.54, 1.807) is 0 Å². The summed E-state index contributed by atoms with van der Waals surface area (Å²) < 4.78 is 10.1. The third-order valence-electron chi connectivity index (χ3n) is 4.47. The van der Waals surface area contributed by atoms with Gasteiger partial charge >= 0.3 is 5.97 Å². The molecule has 0 saturated carbocycles. The first-order valence-corrected chi connectivity index (χ1v) is 9.37. The van der Waals surface area contributed by atoms with Gasteiger partial charge < -0.3 is 24.8 Å². The molecule has 6 heteroatoms. The topological polar surface area (TPSA) is 96.2 Å². The smallest absolute Gasteiger partial charge is 0.305 e. The second kappa shape index (κ2) is 12.6. The molecule has 1 aliphatic rings. The van der Waals surface area contributed by atoms with E-state index in [4.69, 9.17) is 9.47 Å². The highest BCUT2D eigenvalue weighted by molar-refractivity contribution is 5.69. The standard InChI is InChI=1S/C18H34O6/c1-2-3-4-5-6-7-8-9-10-11-16(21)23-13-15(20)18-17(22)14(19)12-24-18/h14-15,17-20,22H,2-13H2,1H3/t14-,15-,17-,18-/m1/s1. The predicted molar refractivity (Wildman–Crippen MR) is 90.6 cm³/mol. The van der Waals surface area contributed by atoms with Crippen molar-refractivity contribution in [2.24, 2.45) is 0 Å². The lowest BCUT2D eigenvalue weighted by Gasteiger charge is -2.20. The minimum absolute atomic E-state index is 0.0186. The average Bonchev–Trinajstić information content (AvgIpc) is 2.90. The number of unbranched alkanes of at least 4 members (excludes halogenated alkanes) is 8. The first-order chi connectivity index (χ1) is 11.6. The van der Waals surface area contributed by atoms with E-state index in [0.717, 1.165) is 19.3 Å². The molecule has 1 aliphatic heterocycles. The van der Waals surface area contributed by atoms with Gasteiger partial charge in [-0.3, -0.25) is 4.79 Å². The molecule has 24 heavy (non-hydrogen) atoms. The normalized spacial score (nSPS) is 24.9. The molecule has 1 heterocycles. The van der Waals surface area contributed by atoms with Gasteiger partial charge in [0, 0.05) is 6.42 Å². The van der Waals surface area contributed by atoms with Crippen molar-refractivity contribution in [3.63, 3.8) is 0 Å². The second-order valence-corrected chi connectivity index (χ2v) is 6.68. The van der Waals surface area contributed by atoms with Crippen LogP contribution in [0, 0.1) is 0 Å². The zero-order valence-corrected chi connectivity index (χ0v) is 14.9. The number of carbonyl (C=O) groups excluding carboxylic acids is 1. The van der Waals surface area contributed by atoms with E-state index >= 15 is 0 Å². The molecule has 1 saturated heterocycles. The molecule has 0 unspecified atom stereocenters. The second-order valence-electron chi connectivity index (χ2n) is 6.68. The van der Waals surface area contributed by atoms with E-state index in [1.165, 1.54) is 38.5 Å². The lowest BCUT2D eigenvalue weighted by molar-refractivity contribution is -0.151. The van der Waals surface area contributed by atoms with Gasteiger partial charge in [0.05, 0.1) is 6.61 Å². The van der Waals surface area contributed by atoms with Crippen LogP contribution in [0.5, 0.6) is 0 Å². The first-order valence-electron chi connectivity index (χ1n) is 9.37. The number of hydrogen-bond acceptors (Lipinski definition) is 6. The molecule has 4 atom stereocenters.